The molecule has 2 aromatic rings. The number of nitrogens with zero attached hydrogens (tertiary/aromatic N) is 1. The van der Waals surface area contributed by atoms with Crippen LogP contribution in [-0.4, -0.2) is 11.1 Å². The molecule has 0 saturated carbocycles. The molecule has 4 nitrogen and oxygen atoms in total. The Kier molecular flexibility index (Phi) is 4.85. The molecule has 0 saturated heterocycles. The Labute approximate surface area is 147 Å². The van der Waals surface area contributed by atoms with E-state index in [0.29, 0.717) is 12.2 Å². The van der Waals surface area contributed by atoms with Gasteiger partial charge in [0.25, 0.3) is 0 Å². The van der Waals surface area contributed by atoms with E-state index in [1.54, 1.807) is 12.1 Å². The third kappa shape index (κ3) is 3.89. The van der Waals surface area contributed by atoms with Crippen molar-refractivity contribution in [2.75, 3.05) is 0 Å². The number of ether oxygens (including phenoxy) is 1. The lowest BCUT2D eigenvalue weighted by Crippen LogP contribution is -2.08. The van der Waals surface area contributed by atoms with Gasteiger partial charge in [-0.2, -0.15) is 5.26 Å². The monoisotopic (exact) mass is 333 g/mol. The number of carbonyl (C=O) groups is 1. The first-order valence-electron chi connectivity index (χ1n) is 8.22. The van der Waals surface area contributed by atoms with E-state index in [2.05, 4.69) is 12.1 Å². The molecule has 0 spiro atoms. The summed E-state index contributed by atoms with van der Waals surface area (Å²) in [5.41, 5.74) is 5.98. The first kappa shape index (κ1) is 16.8. The number of carboxylic acid groups (broad SMARTS) is 1. The molecular formula is C21H19NO3. The minimum atomic E-state index is -0.786. The van der Waals surface area contributed by atoms with Gasteiger partial charge in [-0.3, -0.25) is 4.79 Å². The average molecular weight is 333 g/mol. The Balaban J connectivity index is 1.77. The van der Waals surface area contributed by atoms with Gasteiger partial charge in [0.05, 0.1) is 18.1 Å². The van der Waals surface area contributed by atoms with Crippen molar-refractivity contribution >= 4 is 11.5 Å². The zero-order valence-corrected chi connectivity index (χ0v) is 14.1. The van der Waals surface area contributed by atoms with Crippen molar-refractivity contribution in [3.05, 3.63) is 70.3 Å². The quantitative estimate of drug-likeness (QED) is 0.884. The number of rotatable bonds is 5. The van der Waals surface area contributed by atoms with Crippen LogP contribution in [0.1, 0.15) is 42.0 Å². The zero-order chi connectivity index (χ0) is 17.8. The summed E-state index contributed by atoms with van der Waals surface area (Å²) in [6, 6.07) is 15.4. The minimum absolute atomic E-state index is 0.0988. The zero-order valence-electron chi connectivity index (χ0n) is 14.1. The van der Waals surface area contributed by atoms with Gasteiger partial charge >= 0.3 is 5.97 Å². The number of hydrogen-bond donors (Lipinski definition) is 1. The maximum Gasteiger partial charge on any atom is 0.307 e. The van der Waals surface area contributed by atoms with Gasteiger partial charge in [0.1, 0.15) is 12.4 Å². The molecule has 0 aliphatic heterocycles. The smallest absolute Gasteiger partial charge is 0.307 e. The second-order valence-electron chi connectivity index (χ2n) is 6.22. The Morgan fingerprint density at radius 1 is 1.20 bits per heavy atom. The van der Waals surface area contributed by atoms with Crippen LogP contribution in [0, 0.1) is 11.3 Å². The molecule has 2 aromatic carbocycles. The fourth-order valence-electron chi connectivity index (χ4n) is 3.12. The van der Waals surface area contributed by atoms with Gasteiger partial charge in [-0.1, -0.05) is 23.8 Å². The highest BCUT2D eigenvalue weighted by atomic mass is 16.5. The molecule has 1 aliphatic rings. The topological polar surface area (TPSA) is 70.3 Å². The minimum Gasteiger partial charge on any atom is -0.489 e. The van der Waals surface area contributed by atoms with Crippen molar-refractivity contribution < 1.29 is 14.6 Å². The Morgan fingerprint density at radius 2 is 1.96 bits per heavy atom. The van der Waals surface area contributed by atoms with Crippen LogP contribution >= 0.6 is 0 Å². The van der Waals surface area contributed by atoms with Crippen molar-refractivity contribution in [3.63, 3.8) is 0 Å². The lowest BCUT2D eigenvalue weighted by molar-refractivity contribution is -0.136. The number of benzene rings is 2. The molecule has 0 fully saturated rings. The molecule has 1 N–H and O–H groups in total. The molecule has 4 heteroatoms. The number of hydrogen-bond acceptors (Lipinski definition) is 3. The van der Waals surface area contributed by atoms with Crippen LogP contribution in [0.25, 0.3) is 5.57 Å². The van der Waals surface area contributed by atoms with E-state index in [0.717, 1.165) is 40.9 Å². The Bertz CT molecular complexity index is 873. The van der Waals surface area contributed by atoms with E-state index < -0.39 is 5.97 Å². The van der Waals surface area contributed by atoms with Gasteiger partial charge in [-0.05, 0) is 66.3 Å². The number of nitriles is 1. The van der Waals surface area contributed by atoms with Crippen molar-refractivity contribution in [1.82, 2.24) is 0 Å². The molecule has 3 rings (SSSR count). The summed E-state index contributed by atoms with van der Waals surface area (Å²) in [5, 5.41) is 17.9. The predicted molar refractivity (Wildman–Crippen MR) is 95.1 cm³/mol. The van der Waals surface area contributed by atoms with E-state index in [1.165, 1.54) is 5.56 Å². The summed E-state index contributed by atoms with van der Waals surface area (Å²) in [7, 11) is 0. The van der Waals surface area contributed by atoms with Gasteiger partial charge < -0.3 is 9.84 Å². The molecule has 0 bridgehead atoms. The van der Waals surface area contributed by atoms with Gasteiger partial charge in [0, 0.05) is 0 Å². The normalized spacial score (nSPS) is 13.1. The van der Waals surface area contributed by atoms with Crippen LogP contribution in [0.4, 0.5) is 0 Å². The maximum atomic E-state index is 11.0. The largest absolute Gasteiger partial charge is 0.489 e. The first-order valence-corrected chi connectivity index (χ1v) is 8.22. The van der Waals surface area contributed by atoms with Gasteiger partial charge in [0.15, 0.2) is 0 Å². The summed E-state index contributed by atoms with van der Waals surface area (Å²) < 4.78 is 5.87. The fraction of sp³-hybridized carbons (Fsp3) is 0.238. The number of aryl methyl sites for hydroxylation is 1. The highest BCUT2D eigenvalue weighted by Crippen LogP contribution is 2.34. The van der Waals surface area contributed by atoms with E-state index in [4.69, 9.17) is 15.1 Å². The van der Waals surface area contributed by atoms with Crippen LogP contribution < -0.4 is 4.74 Å². The molecular weight excluding hydrogens is 314 g/mol. The van der Waals surface area contributed by atoms with Crippen LogP contribution in [0.2, 0.25) is 0 Å². The molecule has 0 radical (unpaired) electrons. The van der Waals surface area contributed by atoms with E-state index >= 15 is 0 Å². The summed E-state index contributed by atoms with van der Waals surface area (Å²) in [6.07, 6.45) is 1.77. The highest BCUT2D eigenvalue weighted by Gasteiger charge is 2.18. The molecule has 126 valence electrons. The summed E-state index contributed by atoms with van der Waals surface area (Å²) in [6.45, 7) is 2.41. The Hall–Kier alpha value is -3.06. The number of carboxylic acids is 1. The molecule has 0 unspecified atom stereocenters. The predicted octanol–water partition coefficient (Wildman–Crippen LogP) is 4.33. The van der Waals surface area contributed by atoms with E-state index in [-0.39, 0.29) is 6.42 Å². The van der Waals surface area contributed by atoms with Crippen LogP contribution in [0.5, 0.6) is 5.75 Å². The third-order valence-electron chi connectivity index (χ3n) is 4.56. The Morgan fingerprint density at radius 3 is 2.64 bits per heavy atom. The van der Waals surface area contributed by atoms with E-state index in [9.17, 15) is 4.79 Å². The van der Waals surface area contributed by atoms with Crippen molar-refractivity contribution in [2.24, 2.45) is 0 Å². The SMILES string of the molecule is CC1=C(CC(=O)O)CCc2ccc(OCc3ccc(C#N)cc3)cc21. The van der Waals surface area contributed by atoms with Crippen LogP contribution in [0.15, 0.2) is 48.0 Å². The molecule has 0 aromatic heterocycles. The van der Waals surface area contributed by atoms with Crippen molar-refractivity contribution in [1.29, 1.82) is 5.26 Å². The molecule has 0 atom stereocenters. The lowest BCUT2D eigenvalue weighted by Gasteiger charge is -2.21. The van der Waals surface area contributed by atoms with Gasteiger partial charge in [-0.15, -0.1) is 0 Å². The molecule has 25 heavy (non-hydrogen) atoms. The van der Waals surface area contributed by atoms with Gasteiger partial charge in [-0.25, -0.2) is 0 Å². The van der Waals surface area contributed by atoms with Crippen LogP contribution in [0.3, 0.4) is 0 Å². The molecule has 1 aliphatic carbocycles. The van der Waals surface area contributed by atoms with Crippen molar-refractivity contribution in [2.45, 2.75) is 32.8 Å². The summed E-state index contributed by atoms with van der Waals surface area (Å²) >= 11 is 0. The number of aliphatic carboxylic acids is 1. The van der Waals surface area contributed by atoms with Gasteiger partial charge in [0.2, 0.25) is 0 Å². The second-order valence-corrected chi connectivity index (χ2v) is 6.22. The fourth-order valence-corrected chi connectivity index (χ4v) is 3.12. The summed E-state index contributed by atoms with van der Waals surface area (Å²) in [4.78, 5) is 11.0. The van der Waals surface area contributed by atoms with Crippen LogP contribution in [-0.2, 0) is 17.8 Å². The molecule has 0 heterocycles. The summed E-state index contributed by atoms with van der Waals surface area (Å²) in [5.74, 6) is -0.0231. The van der Waals surface area contributed by atoms with E-state index in [1.807, 2.05) is 31.2 Å². The average Bonchev–Trinajstić information content (AvgIpc) is 2.62. The maximum absolute atomic E-state index is 11.0. The number of allylic oxidation sites excluding steroid dienone is 1. The second kappa shape index (κ2) is 7.23. The molecule has 0 amide bonds. The standard InChI is InChI=1S/C21H19NO3/c1-14-18(10-21(23)24)7-6-17-8-9-19(11-20(14)17)25-13-16-4-2-15(12-22)3-5-16/h2-5,8-9,11H,6-7,10,13H2,1H3,(H,23,24). The number of fused-ring (bicyclic) bond motifs is 1. The van der Waals surface area contributed by atoms with Crippen molar-refractivity contribution in [3.8, 4) is 11.8 Å². The highest BCUT2D eigenvalue weighted by molar-refractivity contribution is 5.79. The lowest BCUT2D eigenvalue weighted by atomic mass is 9.85. The first-order chi connectivity index (χ1) is 12.1. The third-order valence-corrected chi connectivity index (χ3v) is 4.56.